The zero-order chi connectivity index (χ0) is 8.32. The summed E-state index contributed by atoms with van der Waals surface area (Å²) in [4.78, 5) is 11.4. The van der Waals surface area contributed by atoms with Crippen LogP contribution in [-0.4, -0.2) is 18.9 Å². The fraction of sp³-hybridized carbons (Fsp3) is 0.889. The summed E-state index contributed by atoms with van der Waals surface area (Å²) in [7, 11) is 0. The summed E-state index contributed by atoms with van der Waals surface area (Å²) in [6.07, 6.45) is 2.91. The lowest BCUT2D eigenvalue weighted by atomic mass is 9.99. The molecule has 1 aliphatic carbocycles. The molecule has 11 heavy (non-hydrogen) atoms. The van der Waals surface area contributed by atoms with E-state index in [0.29, 0.717) is 12.2 Å². The lowest BCUT2D eigenvalue weighted by Crippen LogP contribution is -2.29. The van der Waals surface area contributed by atoms with Gasteiger partial charge in [0.25, 0.3) is 0 Å². The Morgan fingerprint density at radius 1 is 1.45 bits per heavy atom. The van der Waals surface area contributed by atoms with Crippen LogP contribution in [0.3, 0.4) is 0 Å². The van der Waals surface area contributed by atoms with Gasteiger partial charge in [-0.05, 0) is 19.4 Å². The molecule has 0 aromatic carbocycles. The Kier molecular flexibility index (Phi) is 2.66. The molecule has 1 saturated carbocycles. The van der Waals surface area contributed by atoms with E-state index in [4.69, 9.17) is 0 Å². The molecular weight excluding hydrogens is 138 g/mol. The molecule has 1 aliphatic rings. The van der Waals surface area contributed by atoms with E-state index in [2.05, 4.69) is 12.2 Å². The Morgan fingerprint density at radius 3 is 2.45 bits per heavy atom. The number of Topliss-reactive ketones (excluding diaryl/α,β-unsaturated/α-hetero) is 1. The zero-order valence-corrected chi connectivity index (χ0v) is 7.44. The maximum atomic E-state index is 11.4. The molecule has 2 heteroatoms. The number of carbonyl (C=O) groups is 1. The van der Waals surface area contributed by atoms with Crippen LogP contribution < -0.4 is 5.32 Å². The summed E-state index contributed by atoms with van der Waals surface area (Å²) in [6.45, 7) is 5.90. The lowest BCUT2D eigenvalue weighted by Gasteiger charge is -2.12. The van der Waals surface area contributed by atoms with E-state index in [0.717, 1.165) is 25.9 Å². The van der Waals surface area contributed by atoms with E-state index in [1.165, 1.54) is 0 Å². The lowest BCUT2D eigenvalue weighted by molar-refractivity contribution is -0.123. The monoisotopic (exact) mass is 155 g/mol. The minimum atomic E-state index is 0.0603. The van der Waals surface area contributed by atoms with Gasteiger partial charge in [0.2, 0.25) is 0 Å². The molecule has 0 heterocycles. The highest BCUT2D eigenvalue weighted by atomic mass is 16.1. The van der Waals surface area contributed by atoms with Crippen molar-refractivity contribution in [1.82, 2.24) is 5.32 Å². The number of hydrogen-bond donors (Lipinski definition) is 1. The second-order valence-corrected chi connectivity index (χ2v) is 3.34. The van der Waals surface area contributed by atoms with E-state index in [1.807, 2.05) is 6.92 Å². The Labute approximate surface area is 68.4 Å². The van der Waals surface area contributed by atoms with Gasteiger partial charge in [0.05, 0.1) is 0 Å². The number of nitrogens with one attached hydrogen (secondary N) is 1. The summed E-state index contributed by atoms with van der Waals surface area (Å²) in [6, 6.07) is 0. The third-order valence-corrected chi connectivity index (χ3v) is 2.48. The first-order valence-electron chi connectivity index (χ1n) is 4.49. The highest BCUT2D eigenvalue weighted by molar-refractivity contribution is 5.87. The van der Waals surface area contributed by atoms with Crippen molar-refractivity contribution in [2.24, 2.45) is 5.41 Å². The Balaban J connectivity index is 2.34. The fourth-order valence-electron chi connectivity index (χ4n) is 1.44. The molecule has 0 aromatic heterocycles. The molecule has 0 radical (unpaired) electrons. The van der Waals surface area contributed by atoms with Crippen molar-refractivity contribution in [1.29, 1.82) is 0 Å². The van der Waals surface area contributed by atoms with Gasteiger partial charge in [-0.2, -0.15) is 0 Å². The van der Waals surface area contributed by atoms with Crippen LogP contribution in [0.5, 0.6) is 0 Å². The van der Waals surface area contributed by atoms with Crippen LogP contribution in [0.25, 0.3) is 0 Å². The van der Waals surface area contributed by atoms with E-state index < -0.39 is 0 Å². The molecule has 0 amide bonds. The number of carbonyl (C=O) groups excluding carboxylic acids is 1. The normalized spacial score (nSPS) is 19.8. The van der Waals surface area contributed by atoms with Crippen molar-refractivity contribution in [2.45, 2.75) is 33.1 Å². The molecular formula is C9H17NO. The van der Waals surface area contributed by atoms with E-state index >= 15 is 0 Å². The largest absolute Gasteiger partial charge is 0.316 e. The highest BCUT2D eigenvalue weighted by Crippen LogP contribution is 2.46. The molecule has 1 N–H and O–H groups in total. The summed E-state index contributed by atoms with van der Waals surface area (Å²) >= 11 is 0. The topological polar surface area (TPSA) is 29.1 Å². The van der Waals surface area contributed by atoms with E-state index in [9.17, 15) is 4.79 Å². The molecule has 0 unspecified atom stereocenters. The van der Waals surface area contributed by atoms with Gasteiger partial charge in [0, 0.05) is 18.4 Å². The molecule has 0 bridgehead atoms. The maximum Gasteiger partial charge on any atom is 0.140 e. The van der Waals surface area contributed by atoms with Crippen molar-refractivity contribution in [2.75, 3.05) is 13.1 Å². The predicted molar refractivity (Wildman–Crippen MR) is 45.5 cm³/mol. The van der Waals surface area contributed by atoms with Crippen LogP contribution in [-0.2, 0) is 4.79 Å². The van der Waals surface area contributed by atoms with Gasteiger partial charge in [-0.15, -0.1) is 0 Å². The maximum absolute atomic E-state index is 11.4. The average molecular weight is 155 g/mol. The van der Waals surface area contributed by atoms with Gasteiger partial charge in [-0.25, -0.2) is 0 Å². The van der Waals surface area contributed by atoms with Crippen LogP contribution in [0.15, 0.2) is 0 Å². The van der Waals surface area contributed by atoms with Crippen molar-refractivity contribution >= 4 is 5.78 Å². The third kappa shape index (κ3) is 1.80. The van der Waals surface area contributed by atoms with Gasteiger partial charge in [0.15, 0.2) is 0 Å². The highest BCUT2D eigenvalue weighted by Gasteiger charge is 2.47. The number of ketones is 1. The molecule has 1 fully saturated rings. The molecule has 1 rings (SSSR count). The Bertz CT molecular complexity index is 150. The minimum Gasteiger partial charge on any atom is -0.316 e. The molecule has 0 aromatic rings. The Morgan fingerprint density at radius 2 is 2.09 bits per heavy atom. The van der Waals surface area contributed by atoms with Crippen molar-refractivity contribution in [3.8, 4) is 0 Å². The van der Waals surface area contributed by atoms with E-state index in [-0.39, 0.29) is 5.41 Å². The van der Waals surface area contributed by atoms with Gasteiger partial charge in [0.1, 0.15) is 5.78 Å². The summed E-state index contributed by atoms with van der Waals surface area (Å²) in [5, 5.41) is 3.25. The van der Waals surface area contributed by atoms with E-state index in [1.54, 1.807) is 0 Å². The first-order chi connectivity index (χ1) is 5.25. The first kappa shape index (κ1) is 8.72. The third-order valence-electron chi connectivity index (χ3n) is 2.48. The molecule has 0 saturated heterocycles. The first-order valence-corrected chi connectivity index (χ1v) is 4.49. The second-order valence-electron chi connectivity index (χ2n) is 3.34. The van der Waals surface area contributed by atoms with Gasteiger partial charge in [-0.1, -0.05) is 13.8 Å². The van der Waals surface area contributed by atoms with Crippen LogP contribution in [0, 0.1) is 5.41 Å². The fourth-order valence-corrected chi connectivity index (χ4v) is 1.44. The summed E-state index contributed by atoms with van der Waals surface area (Å²) in [5.74, 6) is 0.443. The molecule has 64 valence electrons. The van der Waals surface area contributed by atoms with Gasteiger partial charge < -0.3 is 5.32 Å². The molecule has 0 atom stereocenters. The molecule has 0 aliphatic heterocycles. The van der Waals surface area contributed by atoms with Crippen molar-refractivity contribution in [3.63, 3.8) is 0 Å². The van der Waals surface area contributed by atoms with Crippen LogP contribution in [0.1, 0.15) is 33.1 Å². The minimum absolute atomic E-state index is 0.0603. The quantitative estimate of drug-likeness (QED) is 0.649. The predicted octanol–water partition coefficient (Wildman–Crippen LogP) is 1.36. The summed E-state index contributed by atoms with van der Waals surface area (Å²) < 4.78 is 0. The average Bonchev–Trinajstić information content (AvgIpc) is 2.80. The summed E-state index contributed by atoms with van der Waals surface area (Å²) in [5.41, 5.74) is 0.0603. The standard InChI is InChI=1S/C9H17NO/c1-3-8(11)9(5-6-9)7-10-4-2/h10H,3-7H2,1-2H3. The number of hydrogen-bond acceptors (Lipinski definition) is 2. The SMILES string of the molecule is CCNCC1(C(=O)CC)CC1. The Hall–Kier alpha value is -0.370. The van der Waals surface area contributed by atoms with Gasteiger partial charge >= 0.3 is 0 Å². The zero-order valence-electron chi connectivity index (χ0n) is 7.44. The van der Waals surface area contributed by atoms with Crippen molar-refractivity contribution in [3.05, 3.63) is 0 Å². The second kappa shape index (κ2) is 3.35. The number of rotatable bonds is 5. The van der Waals surface area contributed by atoms with Gasteiger partial charge in [-0.3, -0.25) is 4.79 Å². The van der Waals surface area contributed by atoms with Crippen molar-refractivity contribution < 1.29 is 4.79 Å². The molecule has 2 nitrogen and oxygen atoms in total. The molecule has 0 spiro atoms. The smallest absolute Gasteiger partial charge is 0.140 e. The van der Waals surface area contributed by atoms with Crippen LogP contribution in [0.2, 0.25) is 0 Å². The van der Waals surface area contributed by atoms with Crippen LogP contribution >= 0.6 is 0 Å². The van der Waals surface area contributed by atoms with Crippen LogP contribution in [0.4, 0.5) is 0 Å².